The summed E-state index contributed by atoms with van der Waals surface area (Å²) in [6, 6.07) is 0.608. The second-order valence-corrected chi connectivity index (χ2v) is 2.92. The van der Waals surface area contributed by atoms with Gasteiger partial charge in [0, 0.05) is 12.2 Å². The van der Waals surface area contributed by atoms with Crippen LogP contribution in [0.15, 0.2) is 12.4 Å². The third-order valence-corrected chi connectivity index (χ3v) is 2.04. The molecule has 0 unspecified atom stereocenters. The molecule has 0 spiro atoms. The van der Waals surface area contributed by atoms with Crippen molar-refractivity contribution in [1.82, 2.24) is 20.3 Å². The highest BCUT2D eigenvalue weighted by atomic mass is 35.5. The van der Waals surface area contributed by atoms with E-state index in [2.05, 4.69) is 15.6 Å². The predicted octanol–water partition coefficient (Wildman–Crippen LogP) is 0.874. The van der Waals surface area contributed by atoms with Crippen molar-refractivity contribution in [3.63, 3.8) is 0 Å². The van der Waals surface area contributed by atoms with Gasteiger partial charge in [-0.3, -0.25) is 4.68 Å². The van der Waals surface area contributed by atoms with Crippen LogP contribution in [-0.2, 0) is 6.54 Å². The van der Waals surface area contributed by atoms with Crippen LogP contribution in [0.1, 0.15) is 12.8 Å². The number of hydrogen-bond donors (Lipinski definition) is 1. The van der Waals surface area contributed by atoms with E-state index in [1.807, 2.05) is 10.9 Å². The van der Waals surface area contributed by atoms with E-state index < -0.39 is 0 Å². The van der Waals surface area contributed by atoms with E-state index in [1.165, 1.54) is 12.8 Å². The van der Waals surface area contributed by atoms with E-state index >= 15 is 0 Å². The Morgan fingerprint density at radius 1 is 1.46 bits per heavy atom. The van der Waals surface area contributed by atoms with Crippen molar-refractivity contribution < 1.29 is 0 Å². The minimum Gasteiger partial charge on any atom is -0.312 e. The first-order chi connectivity index (χ1) is 5.45. The summed E-state index contributed by atoms with van der Waals surface area (Å²) in [4.78, 5) is 0. The lowest BCUT2D eigenvalue weighted by molar-refractivity contribution is 0.466. The molecule has 0 amide bonds. The molecule has 1 saturated heterocycles. The Hall–Kier alpha value is -0.320. The van der Waals surface area contributed by atoms with Gasteiger partial charge in [-0.1, -0.05) is 5.21 Å². The Labute approximate surface area is 89.9 Å². The number of hydrogen-bond acceptors (Lipinski definition) is 3. The van der Waals surface area contributed by atoms with Crippen LogP contribution in [0.3, 0.4) is 0 Å². The lowest BCUT2D eigenvalue weighted by Crippen LogP contribution is -2.26. The molecule has 76 valence electrons. The summed E-state index contributed by atoms with van der Waals surface area (Å²) in [6.45, 7) is 2.11. The monoisotopic (exact) mass is 224 g/mol. The minimum absolute atomic E-state index is 0. The standard InChI is InChI=1S/C7H12N4.2ClH/c1-2-7(8-3-1)6-11-5-4-9-10-11;;/h4-5,7-8H,1-3,6H2;2*1H/t7-;;/m1../s1. The van der Waals surface area contributed by atoms with Crippen LogP contribution < -0.4 is 5.32 Å². The molecule has 2 rings (SSSR count). The van der Waals surface area contributed by atoms with Crippen molar-refractivity contribution in [3.05, 3.63) is 12.4 Å². The number of rotatable bonds is 2. The quantitative estimate of drug-likeness (QED) is 0.812. The molecule has 1 aliphatic rings. The van der Waals surface area contributed by atoms with E-state index in [0.717, 1.165) is 13.1 Å². The number of halogens is 2. The van der Waals surface area contributed by atoms with Gasteiger partial charge in [0.1, 0.15) is 0 Å². The average molecular weight is 225 g/mol. The summed E-state index contributed by atoms with van der Waals surface area (Å²) in [5, 5.41) is 11.1. The molecule has 1 fully saturated rings. The molecule has 1 aromatic rings. The normalized spacial score (nSPS) is 20.5. The third-order valence-electron chi connectivity index (χ3n) is 2.04. The maximum absolute atomic E-state index is 3.91. The Balaban J connectivity index is 0.000000720. The molecule has 1 N–H and O–H groups in total. The van der Waals surface area contributed by atoms with Crippen LogP contribution in [0.25, 0.3) is 0 Å². The third kappa shape index (κ3) is 3.50. The number of aromatic nitrogens is 3. The SMILES string of the molecule is Cl.Cl.c1cn(C[C@H]2CCCN2)nn1. The highest BCUT2D eigenvalue weighted by molar-refractivity contribution is 5.85. The Bertz CT molecular complexity index is 208. The van der Waals surface area contributed by atoms with Crippen molar-refractivity contribution in [2.45, 2.75) is 25.4 Å². The van der Waals surface area contributed by atoms with E-state index in [0.29, 0.717) is 6.04 Å². The van der Waals surface area contributed by atoms with Crippen molar-refractivity contribution >= 4 is 24.8 Å². The van der Waals surface area contributed by atoms with Crippen LogP contribution in [0.2, 0.25) is 0 Å². The largest absolute Gasteiger partial charge is 0.312 e. The molecule has 0 aromatic carbocycles. The predicted molar refractivity (Wildman–Crippen MR) is 55.5 cm³/mol. The minimum atomic E-state index is 0. The molecule has 0 radical (unpaired) electrons. The fourth-order valence-electron chi connectivity index (χ4n) is 1.47. The van der Waals surface area contributed by atoms with Crippen molar-refractivity contribution in [1.29, 1.82) is 0 Å². The Morgan fingerprint density at radius 3 is 2.85 bits per heavy atom. The van der Waals surface area contributed by atoms with Crippen LogP contribution in [-0.4, -0.2) is 27.6 Å². The second kappa shape index (κ2) is 6.18. The summed E-state index contributed by atoms with van der Waals surface area (Å²) in [6.07, 6.45) is 6.17. The Kier molecular flexibility index (Phi) is 6.03. The maximum atomic E-state index is 3.91. The van der Waals surface area contributed by atoms with Crippen LogP contribution in [0.5, 0.6) is 0 Å². The molecule has 1 aliphatic heterocycles. The van der Waals surface area contributed by atoms with Gasteiger partial charge >= 0.3 is 0 Å². The van der Waals surface area contributed by atoms with Crippen molar-refractivity contribution in [3.8, 4) is 0 Å². The maximum Gasteiger partial charge on any atom is 0.0692 e. The first kappa shape index (κ1) is 12.7. The van der Waals surface area contributed by atoms with Gasteiger partial charge < -0.3 is 5.32 Å². The van der Waals surface area contributed by atoms with Gasteiger partial charge in [-0.15, -0.1) is 29.9 Å². The zero-order valence-corrected chi connectivity index (χ0v) is 8.85. The van der Waals surface area contributed by atoms with Crippen LogP contribution in [0.4, 0.5) is 0 Å². The molecule has 2 heterocycles. The van der Waals surface area contributed by atoms with E-state index in [4.69, 9.17) is 0 Å². The molecule has 0 saturated carbocycles. The lowest BCUT2D eigenvalue weighted by Gasteiger charge is -2.08. The smallest absolute Gasteiger partial charge is 0.0692 e. The highest BCUT2D eigenvalue weighted by Crippen LogP contribution is 2.05. The van der Waals surface area contributed by atoms with Gasteiger partial charge in [0.15, 0.2) is 0 Å². The van der Waals surface area contributed by atoms with E-state index in [-0.39, 0.29) is 24.8 Å². The van der Waals surface area contributed by atoms with Gasteiger partial charge in [-0.05, 0) is 19.4 Å². The molecule has 4 nitrogen and oxygen atoms in total. The summed E-state index contributed by atoms with van der Waals surface area (Å²) >= 11 is 0. The molecular formula is C7H14Cl2N4. The molecule has 1 atom stereocenters. The summed E-state index contributed by atoms with van der Waals surface area (Å²) in [7, 11) is 0. The summed E-state index contributed by atoms with van der Waals surface area (Å²) in [5.41, 5.74) is 0. The fraction of sp³-hybridized carbons (Fsp3) is 0.714. The average Bonchev–Trinajstić information content (AvgIpc) is 2.60. The first-order valence-corrected chi connectivity index (χ1v) is 4.02. The van der Waals surface area contributed by atoms with Crippen molar-refractivity contribution in [2.75, 3.05) is 6.54 Å². The molecular weight excluding hydrogens is 211 g/mol. The number of nitrogens with zero attached hydrogens (tertiary/aromatic N) is 3. The summed E-state index contributed by atoms with van der Waals surface area (Å²) in [5.74, 6) is 0. The topological polar surface area (TPSA) is 42.7 Å². The number of nitrogens with one attached hydrogen (secondary N) is 1. The van der Waals surface area contributed by atoms with E-state index in [1.54, 1.807) is 6.20 Å². The lowest BCUT2D eigenvalue weighted by atomic mass is 10.2. The van der Waals surface area contributed by atoms with Gasteiger partial charge in [-0.2, -0.15) is 0 Å². The van der Waals surface area contributed by atoms with Gasteiger partial charge in [0.05, 0.1) is 12.7 Å². The first-order valence-electron chi connectivity index (χ1n) is 4.02. The molecule has 13 heavy (non-hydrogen) atoms. The van der Waals surface area contributed by atoms with Crippen molar-refractivity contribution in [2.24, 2.45) is 0 Å². The fourth-order valence-corrected chi connectivity index (χ4v) is 1.47. The Morgan fingerprint density at radius 2 is 2.31 bits per heavy atom. The summed E-state index contributed by atoms with van der Waals surface area (Å²) < 4.78 is 1.88. The zero-order valence-electron chi connectivity index (χ0n) is 7.22. The molecule has 0 bridgehead atoms. The van der Waals surface area contributed by atoms with Gasteiger partial charge in [-0.25, -0.2) is 0 Å². The molecule has 0 aliphatic carbocycles. The van der Waals surface area contributed by atoms with Crippen LogP contribution >= 0.6 is 24.8 Å². The second-order valence-electron chi connectivity index (χ2n) is 2.92. The van der Waals surface area contributed by atoms with Crippen LogP contribution in [0, 0.1) is 0 Å². The molecule has 6 heteroatoms. The van der Waals surface area contributed by atoms with Gasteiger partial charge in [0.2, 0.25) is 0 Å². The zero-order chi connectivity index (χ0) is 7.52. The van der Waals surface area contributed by atoms with E-state index in [9.17, 15) is 0 Å². The highest BCUT2D eigenvalue weighted by Gasteiger charge is 2.13. The van der Waals surface area contributed by atoms with Gasteiger partial charge in [0.25, 0.3) is 0 Å². The molecule has 1 aromatic heterocycles.